The standard InChI is InChI=1S/C27H20N2O2S/c30-32(31,23-11-5-2-6-12-23)26(27-28-24-13-7-8-14-25(24)29-27)19-20-15-17-22(18-16-20)21-9-3-1-4-10-21/h1-19H,(H,28,29)/b26-19+. The molecule has 4 nitrogen and oxygen atoms in total. The van der Waals surface area contributed by atoms with Crippen LogP contribution in [0.25, 0.3) is 33.1 Å². The van der Waals surface area contributed by atoms with Crippen LogP contribution in [-0.4, -0.2) is 18.4 Å². The summed E-state index contributed by atoms with van der Waals surface area (Å²) in [6.07, 6.45) is 1.68. The summed E-state index contributed by atoms with van der Waals surface area (Å²) in [7, 11) is -3.79. The maximum atomic E-state index is 13.6. The minimum Gasteiger partial charge on any atom is -0.337 e. The first-order valence-electron chi connectivity index (χ1n) is 10.2. The average molecular weight is 437 g/mol. The molecule has 0 saturated carbocycles. The Bertz CT molecular complexity index is 1470. The Morgan fingerprint density at radius 1 is 0.688 bits per heavy atom. The zero-order chi connectivity index (χ0) is 22.0. The first-order chi connectivity index (χ1) is 15.6. The molecular weight excluding hydrogens is 416 g/mol. The van der Waals surface area contributed by atoms with Crippen LogP contribution in [0.1, 0.15) is 11.4 Å². The van der Waals surface area contributed by atoms with Gasteiger partial charge in [0, 0.05) is 0 Å². The SMILES string of the molecule is O=S(=O)(/C(=C/c1ccc(-c2ccccc2)cc1)c1nc2ccccc2[nH]1)c1ccccc1. The molecule has 0 aliphatic rings. The number of benzene rings is 4. The number of fused-ring (bicyclic) bond motifs is 1. The number of sulfone groups is 1. The zero-order valence-electron chi connectivity index (χ0n) is 17.1. The predicted molar refractivity (Wildman–Crippen MR) is 129 cm³/mol. The van der Waals surface area contributed by atoms with Crippen molar-refractivity contribution in [3.05, 3.63) is 121 Å². The van der Waals surface area contributed by atoms with Gasteiger partial charge >= 0.3 is 0 Å². The number of rotatable bonds is 5. The van der Waals surface area contributed by atoms with Crippen LogP contribution in [0.15, 0.2) is 114 Å². The Labute approximate surface area is 186 Å². The van der Waals surface area contributed by atoms with Crippen molar-refractivity contribution in [2.75, 3.05) is 0 Å². The van der Waals surface area contributed by atoms with Crippen molar-refractivity contribution >= 4 is 31.9 Å². The van der Waals surface area contributed by atoms with Crippen LogP contribution in [0.3, 0.4) is 0 Å². The van der Waals surface area contributed by atoms with Crippen LogP contribution in [0.2, 0.25) is 0 Å². The number of aromatic nitrogens is 2. The fourth-order valence-electron chi connectivity index (χ4n) is 3.62. The summed E-state index contributed by atoms with van der Waals surface area (Å²) in [6, 6.07) is 33.8. The van der Waals surface area contributed by atoms with Crippen LogP contribution in [0.4, 0.5) is 0 Å². The maximum absolute atomic E-state index is 13.6. The molecule has 0 aliphatic heterocycles. The van der Waals surface area contributed by atoms with Crippen LogP contribution in [-0.2, 0) is 9.84 Å². The van der Waals surface area contributed by atoms with Gasteiger partial charge in [-0.2, -0.15) is 0 Å². The summed E-state index contributed by atoms with van der Waals surface area (Å²) in [6.45, 7) is 0. The van der Waals surface area contributed by atoms with E-state index in [-0.39, 0.29) is 9.80 Å². The highest BCUT2D eigenvalue weighted by Crippen LogP contribution is 2.30. The van der Waals surface area contributed by atoms with E-state index in [4.69, 9.17) is 0 Å². The molecule has 5 aromatic rings. The van der Waals surface area contributed by atoms with E-state index in [1.54, 1.807) is 36.4 Å². The number of nitrogens with one attached hydrogen (secondary N) is 1. The van der Waals surface area contributed by atoms with Gasteiger partial charge in [-0.15, -0.1) is 0 Å². The lowest BCUT2D eigenvalue weighted by Gasteiger charge is -2.08. The molecule has 156 valence electrons. The highest BCUT2D eigenvalue weighted by atomic mass is 32.2. The van der Waals surface area contributed by atoms with Gasteiger partial charge in [-0.25, -0.2) is 13.4 Å². The van der Waals surface area contributed by atoms with Crippen molar-refractivity contribution in [1.29, 1.82) is 0 Å². The Balaban J connectivity index is 1.63. The number of nitrogens with zero attached hydrogens (tertiary/aromatic N) is 1. The van der Waals surface area contributed by atoms with E-state index in [1.165, 1.54) is 0 Å². The van der Waals surface area contributed by atoms with Crippen LogP contribution in [0.5, 0.6) is 0 Å². The lowest BCUT2D eigenvalue weighted by Crippen LogP contribution is -2.05. The van der Waals surface area contributed by atoms with Crippen molar-refractivity contribution in [3.8, 4) is 11.1 Å². The molecule has 0 amide bonds. The monoisotopic (exact) mass is 436 g/mol. The van der Waals surface area contributed by atoms with Gasteiger partial charge < -0.3 is 4.98 Å². The fraction of sp³-hybridized carbons (Fsp3) is 0. The lowest BCUT2D eigenvalue weighted by molar-refractivity contribution is 0.606. The molecule has 0 atom stereocenters. The molecule has 1 heterocycles. The second kappa shape index (κ2) is 8.29. The van der Waals surface area contributed by atoms with Crippen LogP contribution in [0, 0.1) is 0 Å². The summed E-state index contributed by atoms with van der Waals surface area (Å²) < 4.78 is 27.1. The Morgan fingerprint density at radius 3 is 1.97 bits per heavy atom. The van der Waals surface area contributed by atoms with E-state index in [1.807, 2.05) is 78.9 Å². The fourth-order valence-corrected chi connectivity index (χ4v) is 5.03. The van der Waals surface area contributed by atoms with E-state index in [0.717, 1.165) is 27.7 Å². The minimum atomic E-state index is -3.79. The van der Waals surface area contributed by atoms with Gasteiger partial charge in [0.05, 0.1) is 15.9 Å². The summed E-state index contributed by atoms with van der Waals surface area (Å²) in [4.78, 5) is 8.09. The molecule has 0 bridgehead atoms. The molecule has 0 saturated heterocycles. The second-order valence-electron chi connectivity index (χ2n) is 7.42. The number of hydrogen-bond acceptors (Lipinski definition) is 3. The van der Waals surface area contributed by atoms with E-state index >= 15 is 0 Å². The van der Waals surface area contributed by atoms with Gasteiger partial charge in [0.15, 0.2) is 0 Å². The van der Waals surface area contributed by atoms with E-state index in [9.17, 15) is 8.42 Å². The quantitative estimate of drug-likeness (QED) is 0.357. The van der Waals surface area contributed by atoms with Crippen molar-refractivity contribution < 1.29 is 8.42 Å². The third-order valence-corrected chi connectivity index (χ3v) is 7.06. The molecule has 5 heteroatoms. The van der Waals surface area contributed by atoms with Crippen molar-refractivity contribution in [1.82, 2.24) is 9.97 Å². The van der Waals surface area contributed by atoms with Crippen molar-refractivity contribution in [2.45, 2.75) is 4.90 Å². The Morgan fingerprint density at radius 2 is 1.28 bits per heavy atom. The average Bonchev–Trinajstić information content (AvgIpc) is 3.28. The summed E-state index contributed by atoms with van der Waals surface area (Å²) >= 11 is 0. The largest absolute Gasteiger partial charge is 0.337 e. The van der Waals surface area contributed by atoms with Gasteiger partial charge in [-0.05, 0) is 47.0 Å². The van der Waals surface area contributed by atoms with Gasteiger partial charge in [0.25, 0.3) is 0 Å². The molecule has 4 aromatic carbocycles. The summed E-state index contributed by atoms with van der Waals surface area (Å²) in [5.74, 6) is 0.321. The van der Waals surface area contributed by atoms with Crippen molar-refractivity contribution in [2.24, 2.45) is 0 Å². The molecular formula is C27H20N2O2S. The highest BCUT2D eigenvalue weighted by Gasteiger charge is 2.25. The normalized spacial score (nSPS) is 12.2. The molecule has 0 fully saturated rings. The number of para-hydroxylation sites is 2. The maximum Gasteiger partial charge on any atom is 0.210 e. The Hall–Kier alpha value is -3.96. The first-order valence-corrected chi connectivity index (χ1v) is 11.7. The Kier molecular flexibility index (Phi) is 5.17. The van der Waals surface area contributed by atoms with Crippen LogP contribution < -0.4 is 0 Å². The summed E-state index contributed by atoms with van der Waals surface area (Å²) in [5.41, 5.74) is 4.46. The third kappa shape index (κ3) is 3.86. The van der Waals surface area contributed by atoms with Gasteiger partial charge in [-0.1, -0.05) is 84.9 Å². The molecule has 1 N–H and O–H groups in total. The minimum absolute atomic E-state index is 0.132. The van der Waals surface area contributed by atoms with E-state index < -0.39 is 9.84 Å². The molecule has 0 aliphatic carbocycles. The number of aromatic amines is 1. The third-order valence-electron chi connectivity index (χ3n) is 5.28. The van der Waals surface area contributed by atoms with Gasteiger partial charge in [0.1, 0.15) is 10.7 Å². The molecule has 0 radical (unpaired) electrons. The predicted octanol–water partition coefficient (Wildman–Crippen LogP) is 6.20. The molecule has 0 spiro atoms. The molecule has 32 heavy (non-hydrogen) atoms. The number of hydrogen-bond donors (Lipinski definition) is 1. The molecule has 5 rings (SSSR count). The van der Waals surface area contributed by atoms with Gasteiger partial charge in [0.2, 0.25) is 9.84 Å². The highest BCUT2D eigenvalue weighted by molar-refractivity contribution is 8.00. The smallest absolute Gasteiger partial charge is 0.210 e. The summed E-state index contributed by atoms with van der Waals surface area (Å²) in [5, 5.41) is 0. The topological polar surface area (TPSA) is 62.8 Å². The lowest BCUT2D eigenvalue weighted by atomic mass is 10.0. The molecule has 0 unspecified atom stereocenters. The number of H-pyrrole nitrogens is 1. The zero-order valence-corrected chi connectivity index (χ0v) is 18.0. The second-order valence-corrected chi connectivity index (χ2v) is 9.33. The van der Waals surface area contributed by atoms with Crippen LogP contribution >= 0.6 is 0 Å². The van der Waals surface area contributed by atoms with Gasteiger partial charge in [-0.3, -0.25) is 0 Å². The number of imidazole rings is 1. The van der Waals surface area contributed by atoms with Crippen molar-refractivity contribution in [3.63, 3.8) is 0 Å². The molecule has 1 aromatic heterocycles. The van der Waals surface area contributed by atoms with E-state index in [2.05, 4.69) is 9.97 Å². The first kappa shape index (κ1) is 20.0. The van der Waals surface area contributed by atoms with E-state index in [0.29, 0.717) is 5.82 Å².